The standard InChI is InChI=1S/C20H26O3P/c1-3-5-11-17-13-7-9-15-19(17)22-24(21)23-20-16-10-8-14-18(20)12-6-4-2/h7-10,13-16H,3-6,11-12H2,1-2H3/q+1. The van der Waals surface area contributed by atoms with Crippen LogP contribution in [0.5, 0.6) is 11.5 Å². The molecule has 0 amide bonds. The van der Waals surface area contributed by atoms with Crippen LogP contribution in [0, 0.1) is 0 Å². The van der Waals surface area contributed by atoms with E-state index >= 15 is 0 Å². The van der Waals surface area contributed by atoms with Gasteiger partial charge in [0, 0.05) is 15.7 Å². The number of unbranched alkanes of at least 4 members (excludes halogenated alkanes) is 2. The van der Waals surface area contributed by atoms with Gasteiger partial charge in [-0.15, -0.1) is 0 Å². The summed E-state index contributed by atoms with van der Waals surface area (Å²) in [6.07, 6.45) is 6.23. The van der Waals surface area contributed by atoms with Gasteiger partial charge in [0.2, 0.25) is 0 Å². The minimum absolute atomic E-state index is 0.651. The molecular formula is C20H26O3P+. The van der Waals surface area contributed by atoms with Crippen LogP contribution in [0.1, 0.15) is 50.7 Å². The Morgan fingerprint density at radius 3 is 1.58 bits per heavy atom. The molecule has 128 valence electrons. The van der Waals surface area contributed by atoms with Crippen molar-refractivity contribution in [1.29, 1.82) is 0 Å². The van der Waals surface area contributed by atoms with Gasteiger partial charge in [0.15, 0.2) is 11.5 Å². The third-order valence-electron chi connectivity index (χ3n) is 3.89. The molecule has 0 N–H and O–H groups in total. The Bertz CT molecular complexity index is 599. The molecule has 0 heterocycles. The van der Waals surface area contributed by atoms with Gasteiger partial charge in [-0.3, -0.25) is 0 Å². The van der Waals surface area contributed by atoms with Crippen molar-refractivity contribution in [2.24, 2.45) is 0 Å². The Hall–Kier alpha value is -1.86. The van der Waals surface area contributed by atoms with Crippen molar-refractivity contribution < 1.29 is 13.6 Å². The summed E-state index contributed by atoms with van der Waals surface area (Å²) < 4.78 is 23.5. The fourth-order valence-corrected chi connectivity index (χ4v) is 3.23. The molecule has 0 atom stereocenters. The third-order valence-corrected chi connectivity index (χ3v) is 4.58. The molecule has 0 radical (unpaired) electrons. The lowest BCUT2D eigenvalue weighted by atomic mass is 10.1. The minimum Gasteiger partial charge on any atom is -0.222 e. The molecule has 2 rings (SSSR count). The molecule has 0 aliphatic carbocycles. The van der Waals surface area contributed by atoms with E-state index in [4.69, 9.17) is 9.05 Å². The van der Waals surface area contributed by atoms with Gasteiger partial charge < -0.3 is 0 Å². The van der Waals surface area contributed by atoms with Crippen LogP contribution in [0.2, 0.25) is 0 Å². The zero-order chi connectivity index (χ0) is 17.2. The van der Waals surface area contributed by atoms with Crippen molar-refractivity contribution in [1.82, 2.24) is 0 Å². The first-order valence-electron chi connectivity index (χ1n) is 8.73. The predicted octanol–water partition coefficient (Wildman–Crippen LogP) is 6.49. The van der Waals surface area contributed by atoms with Crippen molar-refractivity contribution >= 4 is 8.25 Å². The lowest BCUT2D eigenvalue weighted by Gasteiger charge is -2.05. The highest BCUT2D eigenvalue weighted by atomic mass is 31.1. The summed E-state index contributed by atoms with van der Waals surface area (Å²) in [6, 6.07) is 15.5. The van der Waals surface area contributed by atoms with E-state index in [2.05, 4.69) is 13.8 Å². The van der Waals surface area contributed by atoms with Gasteiger partial charge >= 0.3 is 8.25 Å². The average molecular weight is 345 g/mol. The van der Waals surface area contributed by atoms with Crippen molar-refractivity contribution in [2.45, 2.75) is 52.4 Å². The summed E-state index contributed by atoms with van der Waals surface area (Å²) in [5.74, 6) is 1.30. The zero-order valence-corrected chi connectivity index (χ0v) is 15.4. The summed E-state index contributed by atoms with van der Waals surface area (Å²) in [5, 5.41) is 0. The largest absolute Gasteiger partial charge is 0.805 e. The molecule has 0 fully saturated rings. The second-order valence-corrected chi connectivity index (χ2v) is 6.64. The van der Waals surface area contributed by atoms with E-state index in [9.17, 15) is 4.57 Å². The lowest BCUT2D eigenvalue weighted by Crippen LogP contribution is -1.96. The van der Waals surface area contributed by atoms with Gasteiger partial charge in [-0.2, -0.15) is 0 Å². The van der Waals surface area contributed by atoms with E-state index < -0.39 is 8.25 Å². The van der Waals surface area contributed by atoms with Crippen molar-refractivity contribution in [3.63, 3.8) is 0 Å². The van der Waals surface area contributed by atoms with Crippen molar-refractivity contribution in [3.05, 3.63) is 59.7 Å². The molecular weight excluding hydrogens is 319 g/mol. The van der Waals surface area contributed by atoms with Gasteiger partial charge in [-0.1, -0.05) is 63.1 Å². The summed E-state index contributed by atoms with van der Waals surface area (Å²) in [5.41, 5.74) is 2.15. The Morgan fingerprint density at radius 1 is 0.750 bits per heavy atom. The topological polar surface area (TPSA) is 35.5 Å². The first-order chi connectivity index (χ1) is 11.7. The minimum atomic E-state index is -2.25. The van der Waals surface area contributed by atoms with Gasteiger partial charge in [-0.05, 0) is 37.8 Å². The third kappa shape index (κ3) is 5.65. The van der Waals surface area contributed by atoms with Crippen LogP contribution in [0.3, 0.4) is 0 Å². The monoisotopic (exact) mass is 345 g/mol. The second-order valence-electron chi connectivity index (χ2n) is 5.83. The molecule has 0 bridgehead atoms. The quantitative estimate of drug-likeness (QED) is 0.462. The first kappa shape index (κ1) is 18.5. The maximum absolute atomic E-state index is 12.3. The maximum Gasteiger partial charge on any atom is 0.805 e. The first-order valence-corrected chi connectivity index (χ1v) is 9.83. The van der Waals surface area contributed by atoms with Gasteiger partial charge in [0.1, 0.15) is 0 Å². The Labute approximate surface area is 146 Å². The average Bonchev–Trinajstić information content (AvgIpc) is 2.60. The highest BCUT2D eigenvalue weighted by molar-refractivity contribution is 7.34. The number of aryl methyl sites for hydroxylation is 2. The normalized spacial score (nSPS) is 10.4. The fraction of sp³-hybridized carbons (Fsp3) is 0.400. The Balaban J connectivity index is 2.04. The van der Waals surface area contributed by atoms with E-state index in [1.165, 1.54) is 0 Å². The molecule has 0 saturated carbocycles. The Morgan fingerprint density at radius 2 is 1.17 bits per heavy atom. The summed E-state index contributed by atoms with van der Waals surface area (Å²) >= 11 is 0. The van der Waals surface area contributed by atoms with Crippen molar-refractivity contribution in [2.75, 3.05) is 0 Å². The number of hydrogen-bond donors (Lipinski definition) is 0. The molecule has 2 aromatic carbocycles. The van der Waals surface area contributed by atoms with Crippen LogP contribution in [-0.2, 0) is 17.4 Å². The fourth-order valence-electron chi connectivity index (χ4n) is 2.51. The smallest absolute Gasteiger partial charge is 0.222 e. The summed E-state index contributed by atoms with van der Waals surface area (Å²) in [6.45, 7) is 4.31. The Kier molecular flexibility index (Phi) is 7.77. The van der Waals surface area contributed by atoms with Crippen LogP contribution in [-0.4, -0.2) is 0 Å². The highest BCUT2D eigenvalue weighted by Gasteiger charge is 2.26. The summed E-state index contributed by atoms with van der Waals surface area (Å²) in [7, 11) is -2.25. The zero-order valence-electron chi connectivity index (χ0n) is 14.5. The van der Waals surface area contributed by atoms with Crippen LogP contribution in [0.25, 0.3) is 0 Å². The molecule has 0 aliphatic rings. The van der Waals surface area contributed by atoms with E-state index in [1.807, 2.05) is 48.5 Å². The molecule has 0 saturated heterocycles. The van der Waals surface area contributed by atoms with E-state index in [0.717, 1.165) is 49.7 Å². The lowest BCUT2D eigenvalue weighted by molar-refractivity contribution is 0.411. The molecule has 4 heteroatoms. The van der Waals surface area contributed by atoms with Crippen LogP contribution in [0.4, 0.5) is 0 Å². The van der Waals surface area contributed by atoms with Crippen LogP contribution in [0.15, 0.2) is 48.5 Å². The second kappa shape index (κ2) is 10.1. The molecule has 2 aromatic rings. The van der Waals surface area contributed by atoms with Gasteiger partial charge in [0.05, 0.1) is 0 Å². The van der Waals surface area contributed by atoms with E-state index in [1.54, 1.807) is 0 Å². The van der Waals surface area contributed by atoms with Crippen LogP contribution < -0.4 is 9.05 Å². The van der Waals surface area contributed by atoms with Gasteiger partial charge in [0.25, 0.3) is 0 Å². The van der Waals surface area contributed by atoms with E-state index in [0.29, 0.717) is 11.5 Å². The van der Waals surface area contributed by atoms with E-state index in [-0.39, 0.29) is 0 Å². The molecule has 0 aromatic heterocycles. The van der Waals surface area contributed by atoms with Crippen LogP contribution >= 0.6 is 8.25 Å². The van der Waals surface area contributed by atoms with Gasteiger partial charge in [-0.25, -0.2) is 9.05 Å². The predicted molar refractivity (Wildman–Crippen MR) is 99.0 cm³/mol. The number of para-hydroxylation sites is 2. The summed E-state index contributed by atoms with van der Waals surface area (Å²) in [4.78, 5) is 0. The molecule has 24 heavy (non-hydrogen) atoms. The molecule has 0 spiro atoms. The number of hydrogen-bond acceptors (Lipinski definition) is 3. The molecule has 0 aliphatic heterocycles. The molecule has 0 unspecified atom stereocenters. The maximum atomic E-state index is 12.3. The SMILES string of the molecule is CCCCc1ccccc1O[P+](=O)Oc1ccccc1CCCC. The van der Waals surface area contributed by atoms with Crippen molar-refractivity contribution in [3.8, 4) is 11.5 Å². The number of rotatable bonds is 10. The molecule has 3 nitrogen and oxygen atoms in total. The number of benzene rings is 2. The highest BCUT2D eigenvalue weighted by Crippen LogP contribution is 2.34.